The van der Waals surface area contributed by atoms with Crippen molar-refractivity contribution < 1.29 is 8.42 Å². The summed E-state index contributed by atoms with van der Waals surface area (Å²) in [6.07, 6.45) is 1.23. The van der Waals surface area contributed by atoms with E-state index in [1.54, 1.807) is 25.1 Å². The zero-order valence-electron chi connectivity index (χ0n) is 9.44. The third-order valence-electron chi connectivity index (χ3n) is 2.36. The number of halogens is 1. The number of hydrogen-bond acceptors (Lipinski definition) is 4. The quantitative estimate of drug-likeness (QED) is 0.748. The molecule has 0 saturated heterocycles. The van der Waals surface area contributed by atoms with Gasteiger partial charge in [-0.1, -0.05) is 17.7 Å². The lowest BCUT2D eigenvalue weighted by Crippen LogP contribution is -2.14. The molecule has 0 aliphatic carbocycles. The molecule has 2 rings (SSSR count). The predicted molar refractivity (Wildman–Crippen MR) is 70.0 cm³/mol. The number of aromatic nitrogens is 2. The molecule has 0 aliphatic rings. The first-order valence-corrected chi connectivity index (χ1v) is 6.84. The van der Waals surface area contributed by atoms with Gasteiger partial charge in [0.25, 0.3) is 10.0 Å². The molecule has 0 atom stereocenters. The van der Waals surface area contributed by atoms with Gasteiger partial charge in [0.15, 0.2) is 0 Å². The molecule has 0 spiro atoms. The zero-order valence-corrected chi connectivity index (χ0v) is 11.0. The van der Waals surface area contributed by atoms with Crippen molar-refractivity contribution in [1.82, 2.24) is 10.2 Å². The number of rotatable bonds is 3. The first kappa shape index (κ1) is 12.7. The van der Waals surface area contributed by atoms with Crippen LogP contribution in [0.1, 0.15) is 5.69 Å². The SMILES string of the molecule is Cc1[nH]ncc1S(=O)(=O)Nc1c(N)cccc1Cl. The first-order chi connectivity index (χ1) is 8.42. The minimum atomic E-state index is -3.75. The van der Waals surface area contributed by atoms with Gasteiger partial charge in [-0.2, -0.15) is 5.10 Å². The number of aryl methyl sites for hydroxylation is 1. The van der Waals surface area contributed by atoms with E-state index in [1.807, 2.05) is 0 Å². The lowest BCUT2D eigenvalue weighted by Gasteiger charge is -2.11. The second kappa shape index (κ2) is 4.51. The normalized spacial score (nSPS) is 11.4. The average Bonchev–Trinajstić information content (AvgIpc) is 2.71. The van der Waals surface area contributed by atoms with Crippen molar-refractivity contribution in [2.24, 2.45) is 0 Å². The number of nitrogens with zero attached hydrogens (tertiary/aromatic N) is 1. The van der Waals surface area contributed by atoms with Gasteiger partial charge < -0.3 is 5.73 Å². The van der Waals surface area contributed by atoms with Crippen LogP contribution in [-0.2, 0) is 10.0 Å². The van der Waals surface area contributed by atoms with Gasteiger partial charge in [0.2, 0.25) is 0 Å². The molecular formula is C10H11ClN4O2S. The third-order valence-corrected chi connectivity index (χ3v) is 4.13. The van der Waals surface area contributed by atoms with Crippen molar-refractivity contribution in [3.63, 3.8) is 0 Å². The van der Waals surface area contributed by atoms with Gasteiger partial charge in [0.05, 0.1) is 28.3 Å². The summed E-state index contributed by atoms with van der Waals surface area (Å²) in [4.78, 5) is 0.0572. The number of benzene rings is 1. The number of hydrogen-bond donors (Lipinski definition) is 3. The van der Waals surface area contributed by atoms with E-state index in [0.29, 0.717) is 5.69 Å². The zero-order chi connectivity index (χ0) is 13.3. The molecule has 0 radical (unpaired) electrons. The molecule has 4 N–H and O–H groups in total. The number of anilines is 2. The van der Waals surface area contributed by atoms with E-state index in [4.69, 9.17) is 17.3 Å². The highest BCUT2D eigenvalue weighted by Crippen LogP contribution is 2.30. The van der Waals surface area contributed by atoms with Crippen molar-refractivity contribution in [3.8, 4) is 0 Å². The molecule has 8 heteroatoms. The van der Waals surface area contributed by atoms with E-state index in [2.05, 4.69) is 14.9 Å². The second-order valence-electron chi connectivity index (χ2n) is 3.67. The molecular weight excluding hydrogens is 276 g/mol. The Labute approximate surface area is 109 Å². The molecule has 1 aromatic heterocycles. The van der Waals surface area contributed by atoms with Gasteiger partial charge in [0.1, 0.15) is 4.90 Å². The molecule has 1 heterocycles. The lowest BCUT2D eigenvalue weighted by molar-refractivity contribution is 0.600. The Morgan fingerprint density at radius 2 is 2.17 bits per heavy atom. The van der Waals surface area contributed by atoms with Crippen LogP contribution in [0.15, 0.2) is 29.3 Å². The maximum atomic E-state index is 12.1. The molecule has 2 aromatic rings. The van der Waals surface area contributed by atoms with Gasteiger partial charge in [-0.15, -0.1) is 0 Å². The van der Waals surface area contributed by atoms with Crippen LogP contribution in [0.25, 0.3) is 0 Å². The van der Waals surface area contributed by atoms with Gasteiger partial charge in [0, 0.05) is 0 Å². The fourth-order valence-electron chi connectivity index (χ4n) is 1.45. The van der Waals surface area contributed by atoms with E-state index >= 15 is 0 Å². The maximum Gasteiger partial charge on any atom is 0.265 e. The standard InChI is InChI=1S/C10H11ClN4O2S/c1-6-9(5-13-14-6)18(16,17)15-10-7(11)3-2-4-8(10)12/h2-5,15H,12H2,1H3,(H,13,14). The Kier molecular flexibility index (Phi) is 3.18. The molecule has 18 heavy (non-hydrogen) atoms. The van der Waals surface area contributed by atoms with Crippen LogP contribution in [0.5, 0.6) is 0 Å². The summed E-state index contributed by atoms with van der Waals surface area (Å²) in [5, 5.41) is 6.46. The lowest BCUT2D eigenvalue weighted by atomic mass is 10.3. The van der Waals surface area contributed by atoms with E-state index in [9.17, 15) is 8.42 Å². The third kappa shape index (κ3) is 2.27. The highest BCUT2D eigenvalue weighted by molar-refractivity contribution is 7.92. The first-order valence-electron chi connectivity index (χ1n) is 4.98. The molecule has 0 unspecified atom stereocenters. The smallest absolute Gasteiger partial charge is 0.265 e. The second-order valence-corrected chi connectivity index (χ2v) is 5.73. The summed E-state index contributed by atoms with van der Waals surface area (Å²) in [7, 11) is -3.75. The molecule has 0 aliphatic heterocycles. The van der Waals surface area contributed by atoms with Crippen molar-refractivity contribution in [3.05, 3.63) is 35.1 Å². The molecule has 6 nitrogen and oxygen atoms in total. The molecule has 0 bridgehead atoms. The van der Waals surface area contributed by atoms with E-state index in [-0.39, 0.29) is 21.3 Å². The Morgan fingerprint density at radius 3 is 2.72 bits per heavy atom. The average molecular weight is 287 g/mol. The fraction of sp³-hybridized carbons (Fsp3) is 0.100. The number of H-pyrrole nitrogens is 1. The number of nitrogens with two attached hydrogens (primary N) is 1. The maximum absolute atomic E-state index is 12.1. The van der Waals surface area contributed by atoms with Crippen molar-refractivity contribution >= 4 is 33.0 Å². The summed E-state index contributed by atoms with van der Waals surface area (Å²) >= 11 is 5.91. The molecule has 0 saturated carbocycles. The number of sulfonamides is 1. The van der Waals surface area contributed by atoms with Crippen LogP contribution in [0, 0.1) is 6.92 Å². The van der Waals surface area contributed by atoms with Crippen molar-refractivity contribution in [2.75, 3.05) is 10.5 Å². The molecule has 1 aromatic carbocycles. The van der Waals surface area contributed by atoms with Crippen molar-refractivity contribution in [2.45, 2.75) is 11.8 Å². The van der Waals surface area contributed by atoms with E-state index in [1.165, 1.54) is 6.20 Å². The fourth-order valence-corrected chi connectivity index (χ4v) is 2.98. The highest BCUT2D eigenvalue weighted by Gasteiger charge is 2.20. The molecule has 96 valence electrons. The number of nitrogens with one attached hydrogen (secondary N) is 2. The van der Waals surface area contributed by atoms with Crippen LogP contribution in [-0.4, -0.2) is 18.6 Å². The monoisotopic (exact) mass is 286 g/mol. The minimum Gasteiger partial charge on any atom is -0.397 e. The largest absolute Gasteiger partial charge is 0.397 e. The van der Waals surface area contributed by atoms with Crippen LogP contribution in [0.4, 0.5) is 11.4 Å². The highest BCUT2D eigenvalue weighted by atomic mass is 35.5. The van der Waals surface area contributed by atoms with Gasteiger partial charge in [-0.05, 0) is 19.1 Å². The van der Waals surface area contributed by atoms with Crippen LogP contribution >= 0.6 is 11.6 Å². The van der Waals surface area contributed by atoms with Gasteiger partial charge in [-0.25, -0.2) is 8.42 Å². The van der Waals surface area contributed by atoms with Gasteiger partial charge >= 0.3 is 0 Å². The molecule has 0 fully saturated rings. The summed E-state index contributed by atoms with van der Waals surface area (Å²) in [5.41, 5.74) is 6.55. The number of aromatic amines is 1. The Bertz CT molecular complexity index is 661. The molecule has 0 amide bonds. The Hall–Kier alpha value is -1.73. The van der Waals surface area contributed by atoms with E-state index < -0.39 is 10.0 Å². The van der Waals surface area contributed by atoms with E-state index in [0.717, 1.165) is 0 Å². The summed E-state index contributed by atoms with van der Waals surface area (Å²) < 4.78 is 26.6. The summed E-state index contributed by atoms with van der Waals surface area (Å²) in [6, 6.07) is 4.75. The number of nitrogen functional groups attached to an aromatic ring is 1. The van der Waals surface area contributed by atoms with Crippen LogP contribution in [0.2, 0.25) is 5.02 Å². The Balaban J connectivity index is 2.44. The summed E-state index contributed by atoms with van der Waals surface area (Å²) in [5.74, 6) is 0. The van der Waals surface area contributed by atoms with Crippen molar-refractivity contribution in [1.29, 1.82) is 0 Å². The number of para-hydroxylation sites is 1. The Morgan fingerprint density at radius 1 is 1.44 bits per heavy atom. The van der Waals surface area contributed by atoms with Crippen LogP contribution < -0.4 is 10.5 Å². The topological polar surface area (TPSA) is 101 Å². The predicted octanol–water partition coefficient (Wildman–Crippen LogP) is 1.75. The van der Waals surface area contributed by atoms with Crippen LogP contribution in [0.3, 0.4) is 0 Å². The summed E-state index contributed by atoms with van der Waals surface area (Å²) in [6.45, 7) is 1.61. The van der Waals surface area contributed by atoms with Gasteiger partial charge in [-0.3, -0.25) is 9.82 Å². The minimum absolute atomic E-state index is 0.0572.